The number of carbonyl (C=O) groups is 1. The molecule has 0 unspecified atom stereocenters. The first-order valence-corrected chi connectivity index (χ1v) is 11.8. The molecule has 0 fully saturated rings. The molecule has 9 heteroatoms. The number of thioether (sulfide) groups is 1. The molecule has 3 aromatic rings. The van der Waals surface area contributed by atoms with Crippen molar-refractivity contribution in [1.29, 1.82) is 0 Å². The highest BCUT2D eigenvalue weighted by atomic mass is 32.2. The molecule has 0 aromatic carbocycles. The lowest BCUT2D eigenvalue weighted by Gasteiger charge is -2.18. The van der Waals surface area contributed by atoms with Crippen molar-refractivity contribution < 1.29 is 9.53 Å². The maximum atomic E-state index is 12.2. The Kier molecular flexibility index (Phi) is 5.78. The van der Waals surface area contributed by atoms with Crippen LogP contribution in [0.1, 0.15) is 54.4 Å². The van der Waals surface area contributed by atoms with E-state index in [1.54, 1.807) is 34.7 Å². The van der Waals surface area contributed by atoms with Crippen LogP contribution in [0.15, 0.2) is 11.4 Å². The van der Waals surface area contributed by atoms with Gasteiger partial charge >= 0.3 is 5.97 Å². The van der Waals surface area contributed by atoms with E-state index in [1.165, 1.54) is 23.1 Å². The highest BCUT2D eigenvalue weighted by molar-refractivity contribution is 7.99. The minimum Gasteiger partial charge on any atom is -0.462 e. The lowest BCUT2D eigenvalue weighted by Crippen LogP contribution is -2.12. The monoisotopic (exact) mass is 431 g/mol. The molecule has 0 radical (unpaired) electrons. The summed E-state index contributed by atoms with van der Waals surface area (Å²) in [4.78, 5) is 24.2. The number of thiophene rings is 1. The number of esters is 1. The first-order chi connectivity index (χ1) is 14.0. The molecule has 1 atom stereocenters. The molecule has 0 saturated carbocycles. The van der Waals surface area contributed by atoms with E-state index in [0.717, 1.165) is 35.2 Å². The molecule has 29 heavy (non-hydrogen) atoms. The van der Waals surface area contributed by atoms with Crippen LogP contribution in [-0.2, 0) is 17.6 Å². The van der Waals surface area contributed by atoms with E-state index in [-0.39, 0.29) is 18.0 Å². The Bertz CT molecular complexity index is 1060. The van der Waals surface area contributed by atoms with Crippen LogP contribution in [0.5, 0.6) is 0 Å². The second-order valence-electron chi connectivity index (χ2n) is 7.29. The number of nitrogens with two attached hydrogens (primary N) is 1. The summed E-state index contributed by atoms with van der Waals surface area (Å²) in [6.45, 7) is 6.46. The van der Waals surface area contributed by atoms with Crippen LogP contribution < -0.4 is 5.73 Å². The summed E-state index contributed by atoms with van der Waals surface area (Å²) >= 11 is 3.38. The third-order valence-electron chi connectivity index (χ3n) is 5.05. The van der Waals surface area contributed by atoms with Crippen LogP contribution in [0.3, 0.4) is 0 Å². The fraction of sp³-hybridized carbons (Fsp3) is 0.500. The predicted octanol–water partition coefficient (Wildman–Crippen LogP) is 4.26. The maximum Gasteiger partial charge on any atom is 0.343 e. The van der Waals surface area contributed by atoms with Crippen molar-refractivity contribution in [2.75, 3.05) is 18.1 Å². The third kappa shape index (κ3) is 3.73. The van der Waals surface area contributed by atoms with Gasteiger partial charge in [0.2, 0.25) is 0 Å². The first kappa shape index (κ1) is 20.2. The topological polar surface area (TPSA) is 95.9 Å². The molecule has 2 N–H and O–H groups in total. The number of fused-ring (bicyclic) bond motifs is 3. The van der Waals surface area contributed by atoms with Crippen LogP contribution in [0.4, 0.5) is 5.82 Å². The number of anilines is 1. The van der Waals surface area contributed by atoms with Gasteiger partial charge in [-0.15, -0.1) is 11.3 Å². The van der Waals surface area contributed by atoms with Crippen molar-refractivity contribution in [3.05, 3.63) is 22.2 Å². The zero-order chi connectivity index (χ0) is 20.5. The van der Waals surface area contributed by atoms with Gasteiger partial charge in [-0.2, -0.15) is 9.78 Å². The number of carbonyl (C=O) groups excluding carboxylic acids is 1. The smallest absolute Gasteiger partial charge is 0.343 e. The van der Waals surface area contributed by atoms with Gasteiger partial charge in [-0.25, -0.2) is 14.8 Å². The van der Waals surface area contributed by atoms with Gasteiger partial charge in [-0.05, 0) is 44.1 Å². The Morgan fingerprint density at radius 3 is 3.00 bits per heavy atom. The van der Waals surface area contributed by atoms with Gasteiger partial charge in [0, 0.05) is 10.6 Å². The van der Waals surface area contributed by atoms with Gasteiger partial charge in [0.15, 0.2) is 11.0 Å². The van der Waals surface area contributed by atoms with Gasteiger partial charge in [-0.3, -0.25) is 0 Å². The number of nitrogens with zero attached hydrogens (tertiary/aromatic N) is 4. The second kappa shape index (κ2) is 8.31. The zero-order valence-corrected chi connectivity index (χ0v) is 18.5. The van der Waals surface area contributed by atoms with Crippen molar-refractivity contribution in [3.8, 4) is 5.82 Å². The van der Waals surface area contributed by atoms with Gasteiger partial charge in [0.05, 0.1) is 18.2 Å². The Morgan fingerprint density at radius 1 is 1.41 bits per heavy atom. The molecule has 3 heterocycles. The highest BCUT2D eigenvalue weighted by Crippen LogP contribution is 2.40. The molecule has 154 valence electrons. The number of hydrogen-bond donors (Lipinski definition) is 1. The van der Waals surface area contributed by atoms with Crippen LogP contribution in [0.25, 0.3) is 16.0 Å². The Morgan fingerprint density at radius 2 is 2.24 bits per heavy atom. The first-order valence-electron chi connectivity index (χ1n) is 9.99. The lowest BCUT2D eigenvalue weighted by atomic mass is 9.88. The normalized spacial score (nSPS) is 16.2. The summed E-state index contributed by atoms with van der Waals surface area (Å²) < 4.78 is 6.67. The molecule has 0 aliphatic heterocycles. The number of hydrogen-bond acceptors (Lipinski definition) is 8. The standard InChI is InChI=1S/C20H25N5O2S2/c1-4-8-28-20-23-17(25-16(21)13(10-22-25)19(26)27-5-2)15-12-9-11(3)6-7-14(12)29-18(15)24-20/h10-11H,4-9,21H2,1-3H3/t11-/m0/s1. The van der Waals surface area contributed by atoms with Crippen LogP contribution in [-0.4, -0.2) is 38.1 Å². The number of aryl methyl sites for hydroxylation is 1. The summed E-state index contributed by atoms with van der Waals surface area (Å²) in [5, 5.41) is 6.14. The molecular formula is C20H25N5O2S2. The molecule has 0 spiro atoms. The number of nitrogen functional groups attached to an aromatic ring is 1. The number of rotatable bonds is 6. The molecule has 7 nitrogen and oxygen atoms in total. The van der Waals surface area contributed by atoms with Crippen molar-refractivity contribution in [2.45, 2.75) is 51.6 Å². The summed E-state index contributed by atoms with van der Waals surface area (Å²) in [7, 11) is 0. The molecule has 0 amide bonds. The minimum atomic E-state index is -0.469. The zero-order valence-electron chi connectivity index (χ0n) is 16.9. The van der Waals surface area contributed by atoms with E-state index < -0.39 is 5.97 Å². The van der Waals surface area contributed by atoms with E-state index in [9.17, 15) is 4.79 Å². The van der Waals surface area contributed by atoms with E-state index in [2.05, 4.69) is 18.9 Å². The fourth-order valence-corrected chi connectivity index (χ4v) is 5.58. The molecule has 3 aromatic heterocycles. The molecule has 0 saturated heterocycles. The average molecular weight is 432 g/mol. The molecular weight excluding hydrogens is 406 g/mol. The van der Waals surface area contributed by atoms with Crippen LogP contribution in [0.2, 0.25) is 0 Å². The van der Waals surface area contributed by atoms with Crippen molar-refractivity contribution in [2.24, 2.45) is 5.92 Å². The minimum absolute atomic E-state index is 0.249. The second-order valence-corrected chi connectivity index (χ2v) is 9.43. The highest BCUT2D eigenvalue weighted by Gasteiger charge is 2.27. The fourth-order valence-electron chi connectivity index (χ4n) is 3.62. The summed E-state index contributed by atoms with van der Waals surface area (Å²) in [5.41, 5.74) is 7.88. The van der Waals surface area contributed by atoms with Crippen LogP contribution in [0, 0.1) is 5.92 Å². The average Bonchev–Trinajstić information content (AvgIpc) is 3.26. The predicted molar refractivity (Wildman–Crippen MR) is 117 cm³/mol. The Balaban J connectivity index is 1.90. The molecule has 4 rings (SSSR count). The molecule has 1 aliphatic carbocycles. The van der Waals surface area contributed by atoms with Gasteiger partial charge in [0.25, 0.3) is 0 Å². The number of aromatic nitrogens is 4. The largest absolute Gasteiger partial charge is 0.462 e. The molecule has 0 bridgehead atoms. The van der Waals surface area contributed by atoms with Gasteiger partial charge in [0.1, 0.15) is 16.2 Å². The summed E-state index contributed by atoms with van der Waals surface area (Å²) in [6, 6.07) is 0. The Labute approximate surface area is 178 Å². The van der Waals surface area contributed by atoms with Crippen molar-refractivity contribution in [3.63, 3.8) is 0 Å². The van der Waals surface area contributed by atoms with E-state index >= 15 is 0 Å². The summed E-state index contributed by atoms with van der Waals surface area (Å²) in [5.74, 6) is 2.00. The van der Waals surface area contributed by atoms with Crippen molar-refractivity contribution in [1.82, 2.24) is 19.7 Å². The third-order valence-corrected chi connectivity index (χ3v) is 7.29. The van der Waals surface area contributed by atoms with E-state index in [0.29, 0.717) is 16.9 Å². The van der Waals surface area contributed by atoms with E-state index in [4.69, 9.17) is 20.4 Å². The van der Waals surface area contributed by atoms with E-state index in [1.807, 2.05) is 0 Å². The SMILES string of the molecule is CCCSc1nc(-n2ncc(C(=O)OCC)c2N)c2c3c(sc2n1)CC[C@H](C)C3. The molecule has 1 aliphatic rings. The van der Waals surface area contributed by atoms with Crippen LogP contribution >= 0.6 is 23.1 Å². The van der Waals surface area contributed by atoms with Gasteiger partial charge < -0.3 is 10.5 Å². The lowest BCUT2D eigenvalue weighted by molar-refractivity contribution is 0.0527. The Hall–Kier alpha value is -2.13. The quantitative estimate of drug-likeness (QED) is 0.354. The van der Waals surface area contributed by atoms with Crippen molar-refractivity contribution >= 4 is 45.1 Å². The maximum absolute atomic E-state index is 12.2. The summed E-state index contributed by atoms with van der Waals surface area (Å²) in [6.07, 6.45) is 5.76. The number of ether oxygens (including phenoxy) is 1. The van der Waals surface area contributed by atoms with Gasteiger partial charge in [-0.1, -0.05) is 25.6 Å².